The maximum atomic E-state index is 14.1. The van der Waals surface area contributed by atoms with Crippen LogP contribution in [0.15, 0.2) is 97.2 Å². The normalized spacial score (nSPS) is 14.3. The predicted molar refractivity (Wildman–Crippen MR) is 153 cm³/mol. The highest BCUT2D eigenvalue weighted by Gasteiger charge is 2.36. The molecule has 0 radical (unpaired) electrons. The number of rotatable bonds is 5. The number of hydrogen-bond acceptors (Lipinski definition) is 3. The summed E-state index contributed by atoms with van der Waals surface area (Å²) in [4.78, 5) is 15.9. The molecule has 0 aliphatic carbocycles. The van der Waals surface area contributed by atoms with Gasteiger partial charge in [0.05, 0.1) is 47.0 Å². The van der Waals surface area contributed by atoms with Crippen LogP contribution >= 0.6 is 11.6 Å². The minimum Gasteiger partial charge on any atom is -0.494 e. The zero-order valence-electron chi connectivity index (χ0n) is 21.7. The summed E-state index contributed by atoms with van der Waals surface area (Å²) in [5, 5.41) is 8.43. The average molecular weight is 538 g/mol. The molecular formula is C31H28ClN5O2. The van der Waals surface area contributed by atoms with Gasteiger partial charge in [0, 0.05) is 11.8 Å². The van der Waals surface area contributed by atoms with Gasteiger partial charge in [-0.15, -0.1) is 0 Å². The topological polar surface area (TPSA) is 64.3 Å². The Hall–Kier alpha value is -4.49. The van der Waals surface area contributed by atoms with Crippen molar-refractivity contribution in [1.29, 1.82) is 0 Å². The number of fused-ring (bicyclic) bond motifs is 3. The van der Waals surface area contributed by atoms with Gasteiger partial charge in [0.25, 0.3) is 0 Å². The molecule has 3 aromatic carbocycles. The lowest BCUT2D eigenvalue weighted by Crippen LogP contribution is -2.38. The van der Waals surface area contributed by atoms with Crippen LogP contribution in [0.5, 0.6) is 5.75 Å². The summed E-state index contributed by atoms with van der Waals surface area (Å²) in [5.74, 6) is 1.67. The van der Waals surface area contributed by atoms with E-state index in [2.05, 4.69) is 16.0 Å². The van der Waals surface area contributed by atoms with Crippen LogP contribution in [0, 0.1) is 6.92 Å². The number of carbonyl (C=O) groups excluding carboxylic acids is 1. The van der Waals surface area contributed by atoms with Crippen LogP contribution in [0.2, 0.25) is 5.02 Å². The molecule has 3 heterocycles. The number of aromatic nitrogens is 3. The molecule has 2 amide bonds. The lowest BCUT2D eigenvalue weighted by atomic mass is 10.0. The molecule has 1 N–H and O–H groups in total. The number of aryl methyl sites for hydroxylation is 1. The molecule has 7 nitrogen and oxygen atoms in total. The monoisotopic (exact) mass is 537 g/mol. The molecule has 5 aromatic rings. The Balaban J connectivity index is 1.54. The Morgan fingerprint density at radius 3 is 2.62 bits per heavy atom. The van der Waals surface area contributed by atoms with E-state index in [1.165, 1.54) is 0 Å². The zero-order chi connectivity index (χ0) is 26.9. The third-order valence-corrected chi connectivity index (χ3v) is 7.28. The van der Waals surface area contributed by atoms with Crippen LogP contribution in [0.1, 0.15) is 35.5 Å². The molecule has 196 valence electrons. The molecule has 1 atom stereocenters. The number of benzene rings is 3. The molecule has 2 aromatic heterocycles. The van der Waals surface area contributed by atoms with Crippen LogP contribution < -0.4 is 10.1 Å². The van der Waals surface area contributed by atoms with Gasteiger partial charge in [-0.25, -0.2) is 9.48 Å². The first-order valence-electron chi connectivity index (χ1n) is 12.9. The first kappa shape index (κ1) is 24.8. The first-order valence-corrected chi connectivity index (χ1v) is 13.3. The molecule has 8 heteroatoms. The number of carbonyl (C=O) groups is 1. The van der Waals surface area contributed by atoms with Crippen molar-refractivity contribution in [2.45, 2.75) is 26.4 Å². The lowest BCUT2D eigenvalue weighted by Gasteiger charge is -2.31. The first-order chi connectivity index (χ1) is 19.0. The Kier molecular flexibility index (Phi) is 6.59. The van der Waals surface area contributed by atoms with Gasteiger partial charge in [0.15, 0.2) is 0 Å². The second kappa shape index (κ2) is 10.3. The summed E-state index contributed by atoms with van der Waals surface area (Å²) in [5.41, 5.74) is 5.21. The van der Waals surface area contributed by atoms with Crippen molar-refractivity contribution >= 4 is 23.3 Å². The Labute approximate surface area is 232 Å². The fourth-order valence-corrected chi connectivity index (χ4v) is 5.37. The summed E-state index contributed by atoms with van der Waals surface area (Å²) in [6, 6.07) is 28.6. The summed E-state index contributed by atoms with van der Waals surface area (Å²) < 4.78 is 9.93. The van der Waals surface area contributed by atoms with Crippen molar-refractivity contribution in [3.8, 4) is 17.3 Å². The van der Waals surface area contributed by atoms with Crippen molar-refractivity contribution in [1.82, 2.24) is 19.2 Å². The molecule has 39 heavy (non-hydrogen) atoms. The maximum Gasteiger partial charge on any atom is 0.323 e. The number of ether oxygens (including phenoxy) is 1. The van der Waals surface area contributed by atoms with Crippen molar-refractivity contribution in [3.05, 3.63) is 125 Å². The quantitative estimate of drug-likeness (QED) is 0.259. The van der Waals surface area contributed by atoms with Gasteiger partial charge in [0.1, 0.15) is 11.6 Å². The highest BCUT2D eigenvalue weighted by Crippen LogP contribution is 2.39. The van der Waals surface area contributed by atoms with E-state index < -0.39 is 6.04 Å². The van der Waals surface area contributed by atoms with Crippen LogP contribution in [0.3, 0.4) is 0 Å². The fraction of sp³-hybridized carbons (Fsp3) is 0.161. The number of nitrogens with one attached hydrogen (secondary N) is 1. The van der Waals surface area contributed by atoms with Gasteiger partial charge < -0.3 is 19.5 Å². The van der Waals surface area contributed by atoms with E-state index in [1.807, 2.05) is 102 Å². The molecule has 0 saturated carbocycles. The van der Waals surface area contributed by atoms with Crippen molar-refractivity contribution in [3.63, 3.8) is 0 Å². The van der Waals surface area contributed by atoms with E-state index in [0.29, 0.717) is 23.9 Å². The Bertz CT molecular complexity index is 1640. The summed E-state index contributed by atoms with van der Waals surface area (Å²) in [6.45, 7) is 4.84. The number of para-hydroxylation sites is 2. The molecule has 1 aliphatic heterocycles. The van der Waals surface area contributed by atoms with E-state index in [4.69, 9.17) is 21.4 Å². The predicted octanol–water partition coefficient (Wildman–Crippen LogP) is 7.16. The Morgan fingerprint density at radius 1 is 1.03 bits per heavy atom. The number of hydrogen-bond donors (Lipinski definition) is 1. The smallest absolute Gasteiger partial charge is 0.323 e. The van der Waals surface area contributed by atoms with Crippen LogP contribution in [0.25, 0.3) is 11.5 Å². The van der Waals surface area contributed by atoms with Crippen LogP contribution in [-0.4, -0.2) is 31.9 Å². The van der Waals surface area contributed by atoms with Gasteiger partial charge in [0.2, 0.25) is 0 Å². The number of urea groups is 1. The van der Waals surface area contributed by atoms with E-state index in [9.17, 15) is 4.79 Å². The second-order valence-corrected chi connectivity index (χ2v) is 9.79. The van der Waals surface area contributed by atoms with E-state index >= 15 is 0 Å². The third kappa shape index (κ3) is 4.55. The van der Waals surface area contributed by atoms with Gasteiger partial charge in [-0.3, -0.25) is 0 Å². The van der Waals surface area contributed by atoms with Crippen LogP contribution in [-0.2, 0) is 6.54 Å². The largest absolute Gasteiger partial charge is 0.494 e. The summed E-state index contributed by atoms with van der Waals surface area (Å²) in [6.07, 6.45) is 2.03. The molecular weight excluding hydrogens is 510 g/mol. The molecule has 0 spiro atoms. The highest BCUT2D eigenvalue weighted by atomic mass is 35.5. The van der Waals surface area contributed by atoms with E-state index in [0.717, 1.165) is 39.8 Å². The number of amides is 2. The zero-order valence-corrected chi connectivity index (χ0v) is 22.5. The van der Waals surface area contributed by atoms with Gasteiger partial charge in [-0.05, 0) is 67.9 Å². The number of halogens is 1. The highest BCUT2D eigenvalue weighted by molar-refractivity contribution is 6.33. The standard InChI is InChI=1S/C31H28ClN5O2/c1-3-39-24-14-9-11-22(19-24)29-28-17-10-18-35(28)30-25(21(2)34-37(30)23-12-5-4-6-13-23)20-36(29)31(38)33-27-16-8-7-15-26(27)32/h4-19,29H,3,20H2,1-2H3,(H,33,38)/t29-/m0/s1. The molecule has 6 rings (SSSR count). The van der Waals surface area contributed by atoms with Crippen LogP contribution in [0.4, 0.5) is 10.5 Å². The second-order valence-electron chi connectivity index (χ2n) is 9.38. The number of anilines is 1. The minimum atomic E-state index is -0.404. The lowest BCUT2D eigenvalue weighted by molar-refractivity contribution is 0.194. The molecule has 0 fully saturated rings. The molecule has 0 saturated heterocycles. The Morgan fingerprint density at radius 2 is 1.82 bits per heavy atom. The van der Waals surface area contributed by atoms with Crippen molar-refractivity contribution in [2.24, 2.45) is 0 Å². The minimum absolute atomic E-state index is 0.262. The molecule has 1 aliphatic rings. The van der Waals surface area contributed by atoms with Gasteiger partial charge >= 0.3 is 6.03 Å². The molecule has 0 unspecified atom stereocenters. The number of nitrogens with zero attached hydrogens (tertiary/aromatic N) is 4. The van der Waals surface area contributed by atoms with Crippen molar-refractivity contribution < 1.29 is 9.53 Å². The fourth-order valence-electron chi connectivity index (χ4n) is 5.19. The maximum absolute atomic E-state index is 14.1. The van der Waals surface area contributed by atoms with Gasteiger partial charge in [-0.2, -0.15) is 5.10 Å². The van der Waals surface area contributed by atoms with E-state index in [1.54, 1.807) is 12.1 Å². The third-order valence-electron chi connectivity index (χ3n) is 6.95. The van der Waals surface area contributed by atoms with Crippen molar-refractivity contribution in [2.75, 3.05) is 11.9 Å². The van der Waals surface area contributed by atoms with E-state index in [-0.39, 0.29) is 6.03 Å². The average Bonchev–Trinajstić information content (AvgIpc) is 3.51. The summed E-state index contributed by atoms with van der Waals surface area (Å²) in [7, 11) is 0. The summed E-state index contributed by atoms with van der Waals surface area (Å²) >= 11 is 6.42. The van der Waals surface area contributed by atoms with Gasteiger partial charge in [-0.1, -0.05) is 54.1 Å². The molecule has 0 bridgehead atoms. The SMILES string of the molecule is CCOc1cccc([C@H]2c3cccn3-c3c(c(C)nn3-c3ccccc3)CN2C(=O)Nc2ccccc2Cl)c1.